The van der Waals surface area contributed by atoms with E-state index in [1.807, 2.05) is 24.3 Å². The van der Waals surface area contributed by atoms with E-state index >= 15 is 0 Å². The second kappa shape index (κ2) is 16.2. The molecule has 2 aromatic rings. The van der Waals surface area contributed by atoms with E-state index in [9.17, 15) is 41.2 Å². The van der Waals surface area contributed by atoms with E-state index in [1.165, 1.54) is 9.80 Å². The molecule has 0 bridgehead atoms. The third-order valence-electron chi connectivity index (χ3n) is 10.4. The molecule has 5 amide bonds. The number of alkyl carbamates (subject to hydrolysis) is 1. The number of nitrogens with zero attached hydrogens (tertiary/aromatic N) is 2. The lowest BCUT2D eigenvalue weighted by molar-refractivity contribution is -0.141. The van der Waals surface area contributed by atoms with E-state index in [-0.39, 0.29) is 25.8 Å². The molecular weight excluding hydrogens is 753 g/mol. The molecule has 302 valence electrons. The Hall–Kier alpha value is -5.06. The topological polar surface area (TPSA) is 181 Å². The molecule has 5 atom stereocenters. The lowest BCUT2D eigenvalue weighted by Gasteiger charge is -2.30. The zero-order valence-corrected chi connectivity index (χ0v) is 32.3. The molecule has 17 heteroatoms. The lowest BCUT2D eigenvalue weighted by atomic mass is 10.0. The molecule has 0 unspecified atom stereocenters. The fourth-order valence-corrected chi connectivity index (χ4v) is 8.67. The monoisotopic (exact) mass is 799 g/mol. The van der Waals surface area contributed by atoms with Crippen LogP contribution in [0.3, 0.4) is 0 Å². The van der Waals surface area contributed by atoms with Crippen LogP contribution in [0.5, 0.6) is 0 Å². The summed E-state index contributed by atoms with van der Waals surface area (Å²) in [6.07, 6.45) is 4.06. The van der Waals surface area contributed by atoms with Crippen molar-refractivity contribution in [1.82, 2.24) is 25.2 Å². The predicted octanol–water partition coefficient (Wildman–Crippen LogP) is 4.22. The Morgan fingerprint density at radius 2 is 1.70 bits per heavy atom. The Morgan fingerprint density at radius 1 is 0.982 bits per heavy atom. The summed E-state index contributed by atoms with van der Waals surface area (Å²) >= 11 is 0. The minimum absolute atomic E-state index is 0.0469. The van der Waals surface area contributed by atoms with Gasteiger partial charge in [0.05, 0.1) is 6.54 Å². The predicted molar refractivity (Wildman–Crippen MR) is 197 cm³/mol. The zero-order chi connectivity index (χ0) is 40.4. The average Bonchev–Trinajstić information content (AvgIpc) is 3.65. The summed E-state index contributed by atoms with van der Waals surface area (Å²) < 4.78 is 68.5. The van der Waals surface area contributed by atoms with E-state index in [2.05, 4.69) is 10.6 Å². The largest absolute Gasteiger partial charge is 0.444 e. The maximum atomic E-state index is 14.5. The summed E-state index contributed by atoms with van der Waals surface area (Å²) in [6.45, 7) is 5.51. The number of ether oxygens (including phenoxy) is 2. The van der Waals surface area contributed by atoms with E-state index in [0.717, 1.165) is 29.3 Å². The Bertz CT molecular complexity index is 2000. The van der Waals surface area contributed by atoms with Gasteiger partial charge in [-0.2, -0.15) is 0 Å². The Labute approximate surface area is 324 Å². The van der Waals surface area contributed by atoms with Gasteiger partial charge in [-0.15, -0.1) is 0 Å². The number of sulfonamides is 1. The summed E-state index contributed by atoms with van der Waals surface area (Å²) in [5.41, 5.74) is -0.643. The van der Waals surface area contributed by atoms with Gasteiger partial charge in [0.1, 0.15) is 41.0 Å². The van der Waals surface area contributed by atoms with Crippen LogP contribution in [0.25, 0.3) is 0 Å². The molecule has 3 N–H and O–H groups in total. The van der Waals surface area contributed by atoms with E-state index in [0.29, 0.717) is 45.2 Å². The Morgan fingerprint density at radius 3 is 2.41 bits per heavy atom. The van der Waals surface area contributed by atoms with Crippen LogP contribution in [0.4, 0.5) is 18.4 Å². The maximum Gasteiger partial charge on any atom is 0.410 e. The molecule has 2 aromatic carbocycles. The van der Waals surface area contributed by atoms with Crippen LogP contribution in [-0.4, -0.2) is 90.5 Å². The molecular formula is C39H47F2N5O9S. The molecule has 3 aliphatic heterocycles. The average molecular weight is 800 g/mol. The molecule has 3 heterocycles. The first-order valence-electron chi connectivity index (χ1n) is 18.8. The number of halogens is 2. The minimum Gasteiger partial charge on any atom is -0.444 e. The third kappa shape index (κ3) is 9.14. The summed E-state index contributed by atoms with van der Waals surface area (Å²) in [6, 6.07) is 7.71. The van der Waals surface area contributed by atoms with E-state index in [4.69, 9.17) is 9.47 Å². The number of nitrogens with one attached hydrogen (secondary N) is 3. The highest BCUT2D eigenvalue weighted by Gasteiger charge is 2.62. The quantitative estimate of drug-likeness (QED) is 0.374. The fraction of sp³-hybridized carbons (Fsp3) is 0.513. The van der Waals surface area contributed by atoms with Gasteiger partial charge in [-0.1, -0.05) is 55.3 Å². The number of carbonyl (C=O) groups is 5. The minimum atomic E-state index is -5.08. The van der Waals surface area contributed by atoms with Crippen molar-refractivity contribution in [2.45, 2.75) is 113 Å². The summed E-state index contributed by atoms with van der Waals surface area (Å²) in [5.74, 6) is -6.23. The molecule has 1 saturated carbocycles. The standard InChI is InChI=1S/C39H47F2N5O9S/c1-38(2,3)55-36(50)42-30-17-8-6-4-5-7-14-26-21-39(26,35(49)44-56(52,53)32-28(40)15-11-16-29(32)41)43-33(47)31-20-27(23-46(31)34(30)48)54-37(51)45-19-18-24-12-9-10-13-25(24)22-45/h7,9-16,26-27,30-31H,4-6,8,17-23H2,1-3H3,(H,42,50)(H,43,47)(H,44,49)/t26-,27-,30+,31+,39-/m1/s1. The molecule has 1 saturated heterocycles. The van der Waals surface area contributed by atoms with Crippen LogP contribution < -0.4 is 15.4 Å². The van der Waals surface area contributed by atoms with Crippen LogP contribution in [-0.2, 0) is 46.8 Å². The van der Waals surface area contributed by atoms with Crippen molar-refractivity contribution in [3.05, 3.63) is 77.4 Å². The highest BCUT2D eigenvalue weighted by molar-refractivity contribution is 7.90. The van der Waals surface area contributed by atoms with E-state index in [1.54, 1.807) is 37.6 Å². The number of hydrogen-bond donors (Lipinski definition) is 3. The fourth-order valence-electron chi connectivity index (χ4n) is 7.49. The third-order valence-corrected chi connectivity index (χ3v) is 11.8. The molecule has 0 radical (unpaired) electrons. The number of benzene rings is 2. The summed E-state index contributed by atoms with van der Waals surface area (Å²) in [4.78, 5) is 70.3. The zero-order valence-electron chi connectivity index (χ0n) is 31.5. The molecule has 0 spiro atoms. The first kappa shape index (κ1) is 40.6. The number of carbonyl (C=O) groups excluding carboxylic acids is 5. The van der Waals surface area contributed by atoms with Crippen LogP contribution in [0.2, 0.25) is 0 Å². The van der Waals surface area contributed by atoms with Crippen LogP contribution in [0.15, 0.2) is 59.5 Å². The second-order valence-electron chi connectivity index (χ2n) is 15.7. The lowest BCUT2D eigenvalue weighted by Crippen LogP contribution is -2.58. The van der Waals surface area contributed by atoms with Gasteiger partial charge in [-0.25, -0.2) is 31.5 Å². The van der Waals surface area contributed by atoms with Crippen molar-refractivity contribution >= 4 is 39.9 Å². The summed E-state index contributed by atoms with van der Waals surface area (Å²) in [5, 5.41) is 5.30. The Balaban J connectivity index is 1.27. The van der Waals surface area contributed by atoms with Crippen molar-refractivity contribution in [3.8, 4) is 0 Å². The second-order valence-corrected chi connectivity index (χ2v) is 17.3. The molecule has 4 aliphatic rings. The highest BCUT2D eigenvalue weighted by Crippen LogP contribution is 2.46. The summed E-state index contributed by atoms with van der Waals surface area (Å²) in [7, 11) is -5.08. The van der Waals surface area contributed by atoms with Crippen LogP contribution in [0, 0.1) is 17.6 Å². The van der Waals surface area contributed by atoms with Crippen molar-refractivity contribution in [1.29, 1.82) is 0 Å². The highest BCUT2D eigenvalue weighted by atomic mass is 32.2. The van der Waals surface area contributed by atoms with Gasteiger partial charge in [0.25, 0.3) is 15.9 Å². The van der Waals surface area contributed by atoms with Gasteiger partial charge in [0.2, 0.25) is 11.8 Å². The molecule has 1 aliphatic carbocycles. The van der Waals surface area contributed by atoms with Gasteiger partial charge in [0.15, 0.2) is 4.90 Å². The van der Waals surface area contributed by atoms with Crippen molar-refractivity contribution in [3.63, 3.8) is 0 Å². The van der Waals surface area contributed by atoms with Crippen molar-refractivity contribution in [2.75, 3.05) is 13.1 Å². The molecule has 2 fully saturated rings. The van der Waals surface area contributed by atoms with Gasteiger partial charge in [-0.05, 0) is 76.1 Å². The number of fused-ring (bicyclic) bond motifs is 3. The number of hydrogen-bond acceptors (Lipinski definition) is 9. The first-order valence-corrected chi connectivity index (χ1v) is 20.3. The smallest absolute Gasteiger partial charge is 0.410 e. The van der Waals surface area contributed by atoms with E-state index < -0.39 is 91.7 Å². The van der Waals surface area contributed by atoms with Crippen molar-refractivity contribution < 1.29 is 50.6 Å². The van der Waals surface area contributed by atoms with Gasteiger partial charge in [0, 0.05) is 25.4 Å². The van der Waals surface area contributed by atoms with Gasteiger partial charge in [-0.3, -0.25) is 14.4 Å². The maximum absolute atomic E-state index is 14.5. The molecule has 6 rings (SSSR count). The number of allylic oxidation sites excluding steroid dienone is 1. The molecule has 14 nitrogen and oxygen atoms in total. The van der Waals surface area contributed by atoms with Gasteiger partial charge < -0.3 is 29.9 Å². The number of rotatable bonds is 5. The Kier molecular flexibility index (Phi) is 11.7. The SMILES string of the molecule is CC(C)(C)OC(=O)N[C@H]1CCCCCC=C[C@@H]2C[C@@]2(C(=O)NS(=O)(=O)c2c(F)cccc2F)NC(=O)[C@@H]2C[C@@H](OC(=O)N3CCc4ccccc4C3)CN2C1=O. The van der Waals surface area contributed by atoms with Crippen LogP contribution >= 0.6 is 0 Å². The normalized spacial score (nSPS) is 25.7. The van der Waals surface area contributed by atoms with Crippen molar-refractivity contribution in [2.24, 2.45) is 5.92 Å². The van der Waals surface area contributed by atoms with Crippen LogP contribution in [0.1, 0.15) is 76.8 Å². The van der Waals surface area contributed by atoms with Gasteiger partial charge >= 0.3 is 12.2 Å². The number of amides is 5. The molecule has 56 heavy (non-hydrogen) atoms. The first-order chi connectivity index (χ1) is 26.5. The molecule has 0 aromatic heterocycles.